The van der Waals surface area contributed by atoms with Gasteiger partial charge in [-0.1, -0.05) is 6.07 Å². The molecule has 1 aliphatic heterocycles. The van der Waals surface area contributed by atoms with Gasteiger partial charge in [0.25, 0.3) is 0 Å². The summed E-state index contributed by atoms with van der Waals surface area (Å²) < 4.78 is 25.4. The monoisotopic (exact) mass is 294 g/mol. The summed E-state index contributed by atoms with van der Waals surface area (Å²) in [4.78, 5) is 6.65. The molecule has 2 N–H and O–H groups in total. The van der Waals surface area contributed by atoms with Crippen LogP contribution in [0, 0.1) is 0 Å². The van der Waals surface area contributed by atoms with E-state index < -0.39 is 9.84 Å². The van der Waals surface area contributed by atoms with Crippen molar-refractivity contribution in [3.05, 3.63) is 30.1 Å². The lowest BCUT2D eigenvalue weighted by atomic mass is 10.3. The SMILES string of the molecule is NCc1c(N2CCCS(=O)(=O)CC2)nc2ccccn12. The van der Waals surface area contributed by atoms with Gasteiger partial charge in [0.2, 0.25) is 0 Å². The second kappa shape index (κ2) is 5.06. The number of anilines is 1. The summed E-state index contributed by atoms with van der Waals surface area (Å²) in [5, 5.41) is 0. The molecule has 0 amide bonds. The van der Waals surface area contributed by atoms with E-state index in [4.69, 9.17) is 5.73 Å². The van der Waals surface area contributed by atoms with Gasteiger partial charge in [0, 0.05) is 25.8 Å². The summed E-state index contributed by atoms with van der Waals surface area (Å²) >= 11 is 0. The van der Waals surface area contributed by atoms with Crippen LogP contribution >= 0.6 is 0 Å². The predicted molar refractivity (Wildman–Crippen MR) is 78.6 cm³/mol. The molecule has 0 atom stereocenters. The molecule has 0 saturated carbocycles. The second-order valence-electron chi connectivity index (χ2n) is 5.01. The minimum Gasteiger partial charge on any atom is -0.354 e. The highest BCUT2D eigenvalue weighted by atomic mass is 32.2. The van der Waals surface area contributed by atoms with Crippen LogP contribution in [0.25, 0.3) is 5.65 Å². The quantitative estimate of drug-likeness (QED) is 0.868. The van der Waals surface area contributed by atoms with Gasteiger partial charge in [0.05, 0.1) is 17.2 Å². The molecular weight excluding hydrogens is 276 g/mol. The molecule has 20 heavy (non-hydrogen) atoms. The topological polar surface area (TPSA) is 80.7 Å². The van der Waals surface area contributed by atoms with Gasteiger partial charge in [-0.05, 0) is 18.6 Å². The van der Waals surface area contributed by atoms with Gasteiger partial charge in [-0.2, -0.15) is 0 Å². The van der Waals surface area contributed by atoms with Gasteiger partial charge in [-0.15, -0.1) is 0 Å². The number of hydrogen-bond donors (Lipinski definition) is 1. The lowest BCUT2D eigenvalue weighted by Gasteiger charge is -2.20. The second-order valence-corrected chi connectivity index (χ2v) is 7.31. The smallest absolute Gasteiger partial charge is 0.152 e. The molecule has 0 aliphatic carbocycles. The van der Waals surface area contributed by atoms with E-state index in [2.05, 4.69) is 4.98 Å². The Bertz CT molecular complexity index is 723. The molecule has 2 aromatic rings. The summed E-state index contributed by atoms with van der Waals surface area (Å²) in [5.41, 5.74) is 7.63. The molecule has 7 heteroatoms. The number of sulfone groups is 1. The van der Waals surface area contributed by atoms with E-state index in [1.54, 1.807) is 0 Å². The molecule has 0 radical (unpaired) electrons. The van der Waals surface area contributed by atoms with Crippen LogP contribution in [0.5, 0.6) is 0 Å². The fraction of sp³-hybridized carbons (Fsp3) is 0.462. The first kappa shape index (κ1) is 13.4. The molecule has 1 saturated heterocycles. The Morgan fingerprint density at radius 3 is 2.90 bits per heavy atom. The minimum atomic E-state index is -2.92. The first-order valence-corrected chi connectivity index (χ1v) is 8.54. The van der Waals surface area contributed by atoms with Crippen molar-refractivity contribution in [1.82, 2.24) is 9.38 Å². The summed E-state index contributed by atoms with van der Waals surface area (Å²) in [6, 6.07) is 5.79. The van der Waals surface area contributed by atoms with Crippen LogP contribution in [0.1, 0.15) is 12.1 Å². The number of nitrogens with two attached hydrogens (primary N) is 1. The Labute approximate surface area is 118 Å². The normalized spacial score (nSPS) is 19.1. The molecule has 2 aromatic heterocycles. The van der Waals surface area contributed by atoms with E-state index >= 15 is 0 Å². The molecule has 6 nitrogen and oxygen atoms in total. The number of hydrogen-bond acceptors (Lipinski definition) is 5. The van der Waals surface area contributed by atoms with Gasteiger partial charge in [-0.25, -0.2) is 13.4 Å². The van der Waals surface area contributed by atoms with E-state index in [1.807, 2.05) is 33.7 Å². The highest BCUT2D eigenvalue weighted by Crippen LogP contribution is 2.23. The third kappa shape index (κ3) is 2.38. The van der Waals surface area contributed by atoms with E-state index in [-0.39, 0.29) is 11.5 Å². The Balaban J connectivity index is 2.01. The number of aromatic nitrogens is 2. The first-order valence-electron chi connectivity index (χ1n) is 6.72. The Morgan fingerprint density at radius 2 is 2.10 bits per heavy atom. The number of fused-ring (bicyclic) bond motifs is 1. The third-order valence-electron chi connectivity index (χ3n) is 3.66. The van der Waals surface area contributed by atoms with E-state index in [9.17, 15) is 8.42 Å². The maximum Gasteiger partial charge on any atom is 0.152 e. The largest absolute Gasteiger partial charge is 0.354 e. The molecule has 1 aliphatic rings. The highest BCUT2D eigenvalue weighted by molar-refractivity contribution is 7.91. The van der Waals surface area contributed by atoms with Crippen LogP contribution in [-0.2, 0) is 16.4 Å². The lowest BCUT2D eigenvalue weighted by molar-refractivity contribution is 0.597. The van der Waals surface area contributed by atoms with Gasteiger partial charge in [-0.3, -0.25) is 0 Å². The van der Waals surface area contributed by atoms with E-state index in [1.165, 1.54) is 0 Å². The van der Waals surface area contributed by atoms with Crippen LogP contribution < -0.4 is 10.6 Å². The molecule has 3 rings (SSSR count). The fourth-order valence-corrected chi connectivity index (χ4v) is 3.90. The molecular formula is C13H18N4O2S. The molecule has 0 aromatic carbocycles. The molecule has 0 bridgehead atoms. The van der Waals surface area contributed by atoms with Crippen molar-refractivity contribution in [2.75, 3.05) is 29.5 Å². The van der Waals surface area contributed by atoms with Gasteiger partial charge >= 0.3 is 0 Å². The van der Waals surface area contributed by atoms with Crippen molar-refractivity contribution < 1.29 is 8.42 Å². The zero-order valence-corrected chi connectivity index (χ0v) is 12.0. The summed E-state index contributed by atoms with van der Waals surface area (Å²) in [5.74, 6) is 1.26. The number of rotatable bonds is 2. The maximum absolute atomic E-state index is 11.7. The number of imidazole rings is 1. The average molecular weight is 294 g/mol. The van der Waals surface area contributed by atoms with Gasteiger partial charge in [0.15, 0.2) is 15.7 Å². The van der Waals surface area contributed by atoms with Crippen molar-refractivity contribution in [1.29, 1.82) is 0 Å². The molecule has 1 fully saturated rings. The fourth-order valence-electron chi connectivity index (χ4n) is 2.63. The zero-order chi connectivity index (χ0) is 14.2. The maximum atomic E-state index is 11.7. The third-order valence-corrected chi connectivity index (χ3v) is 5.37. The Hall–Kier alpha value is -1.60. The van der Waals surface area contributed by atoms with Crippen molar-refractivity contribution in [3.8, 4) is 0 Å². The van der Waals surface area contributed by atoms with Crippen LogP contribution in [0.3, 0.4) is 0 Å². The average Bonchev–Trinajstić information content (AvgIpc) is 2.70. The molecule has 108 valence electrons. The molecule has 0 unspecified atom stereocenters. The minimum absolute atomic E-state index is 0.185. The van der Waals surface area contributed by atoms with Crippen LogP contribution in [0.2, 0.25) is 0 Å². The standard InChI is InChI=1S/C13H18N4O2S/c14-10-11-13(15-12-4-1-2-6-17(11)12)16-5-3-8-20(18,19)9-7-16/h1-2,4,6H,3,5,7-10,14H2. The van der Waals surface area contributed by atoms with Crippen molar-refractivity contribution in [2.45, 2.75) is 13.0 Å². The van der Waals surface area contributed by atoms with E-state index in [0.717, 1.165) is 17.2 Å². The Kier molecular flexibility index (Phi) is 3.39. The lowest BCUT2D eigenvalue weighted by Crippen LogP contribution is -2.28. The van der Waals surface area contributed by atoms with Crippen LogP contribution in [-0.4, -0.2) is 42.4 Å². The number of pyridine rings is 1. The van der Waals surface area contributed by atoms with Gasteiger partial charge < -0.3 is 15.0 Å². The van der Waals surface area contributed by atoms with Gasteiger partial charge in [0.1, 0.15) is 5.65 Å². The molecule has 3 heterocycles. The van der Waals surface area contributed by atoms with E-state index in [0.29, 0.717) is 26.1 Å². The van der Waals surface area contributed by atoms with Crippen molar-refractivity contribution in [2.24, 2.45) is 5.73 Å². The first-order chi connectivity index (χ1) is 9.61. The van der Waals surface area contributed by atoms with Crippen molar-refractivity contribution >= 4 is 21.3 Å². The highest BCUT2D eigenvalue weighted by Gasteiger charge is 2.23. The summed E-state index contributed by atoms with van der Waals surface area (Å²) in [6.07, 6.45) is 2.57. The Morgan fingerprint density at radius 1 is 1.25 bits per heavy atom. The van der Waals surface area contributed by atoms with Crippen molar-refractivity contribution in [3.63, 3.8) is 0 Å². The van der Waals surface area contributed by atoms with Crippen LogP contribution in [0.4, 0.5) is 5.82 Å². The predicted octanol–water partition coefficient (Wildman–Crippen LogP) is 0.418. The summed E-state index contributed by atoms with van der Waals surface area (Å²) in [7, 11) is -2.92. The summed E-state index contributed by atoms with van der Waals surface area (Å²) in [6.45, 7) is 1.57. The zero-order valence-electron chi connectivity index (χ0n) is 11.2. The number of nitrogens with zero attached hydrogens (tertiary/aromatic N) is 3. The van der Waals surface area contributed by atoms with Crippen LogP contribution in [0.15, 0.2) is 24.4 Å². The molecule has 0 spiro atoms.